The predicted molar refractivity (Wildman–Crippen MR) is 48.6 cm³/mol. The molecule has 0 radical (unpaired) electrons. The molecule has 0 unspecified atom stereocenters. The third-order valence-corrected chi connectivity index (χ3v) is 2.58. The van der Waals surface area contributed by atoms with Crippen LogP contribution >= 0.6 is 34.8 Å². The van der Waals surface area contributed by atoms with Crippen LogP contribution in [-0.2, 0) is 5.88 Å². The van der Waals surface area contributed by atoms with Crippen molar-refractivity contribution in [2.45, 2.75) is 12.8 Å². The molecular formula is C7H6Cl3N. The molecule has 1 rings (SSSR count). The fraction of sp³-hybridized carbons (Fsp3) is 0.286. The summed E-state index contributed by atoms with van der Waals surface area (Å²) in [6.45, 7) is 1.85. The zero-order valence-electron chi connectivity index (χ0n) is 5.87. The van der Waals surface area contributed by atoms with Gasteiger partial charge in [0.1, 0.15) is 0 Å². The first-order valence-corrected chi connectivity index (χ1v) is 4.31. The Balaban J connectivity index is 3.25. The molecule has 60 valence electrons. The quantitative estimate of drug-likeness (QED) is 0.647. The molecule has 0 bridgehead atoms. The van der Waals surface area contributed by atoms with Crippen LogP contribution in [0.3, 0.4) is 0 Å². The van der Waals surface area contributed by atoms with Gasteiger partial charge < -0.3 is 0 Å². The monoisotopic (exact) mass is 209 g/mol. The van der Waals surface area contributed by atoms with E-state index < -0.39 is 0 Å². The van der Waals surface area contributed by atoms with Gasteiger partial charge in [-0.1, -0.05) is 23.2 Å². The van der Waals surface area contributed by atoms with Crippen molar-refractivity contribution in [3.05, 3.63) is 27.5 Å². The second-order valence-electron chi connectivity index (χ2n) is 2.15. The lowest BCUT2D eigenvalue weighted by Gasteiger charge is -2.02. The molecule has 0 fully saturated rings. The van der Waals surface area contributed by atoms with Gasteiger partial charge in [0.25, 0.3) is 0 Å². The first-order valence-electron chi connectivity index (χ1n) is 3.02. The summed E-state index contributed by atoms with van der Waals surface area (Å²) >= 11 is 17.2. The van der Waals surface area contributed by atoms with Crippen LogP contribution in [0, 0.1) is 6.92 Å². The fourth-order valence-corrected chi connectivity index (χ4v) is 1.37. The van der Waals surface area contributed by atoms with Crippen LogP contribution in [0.15, 0.2) is 6.20 Å². The standard InChI is InChI=1S/C7H6Cl3N/c1-4-3-11-5(2-8)7(10)6(4)9/h3H,2H2,1H3. The maximum absolute atomic E-state index is 5.83. The summed E-state index contributed by atoms with van der Waals surface area (Å²) in [5, 5.41) is 0.999. The van der Waals surface area contributed by atoms with E-state index in [1.54, 1.807) is 6.20 Å². The number of halogens is 3. The Bertz CT molecular complexity index is 273. The van der Waals surface area contributed by atoms with E-state index in [-0.39, 0.29) is 0 Å². The van der Waals surface area contributed by atoms with E-state index in [4.69, 9.17) is 34.8 Å². The van der Waals surface area contributed by atoms with Gasteiger partial charge in [-0.2, -0.15) is 0 Å². The molecule has 0 saturated heterocycles. The number of hydrogen-bond acceptors (Lipinski definition) is 1. The summed E-state index contributed by atoms with van der Waals surface area (Å²) in [5.74, 6) is 0.291. The third kappa shape index (κ3) is 1.78. The fourth-order valence-electron chi connectivity index (χ4n) is 0.681. The summed E-state index contributed by atoms with van der Waals surface area (Å²) in [7, 11) is 0. The van der Waals surface area contributed by atoms with Crippen molar-refractivity contribution in [1.82, 2.24) is 4.98 Å². The van der Waals surface area contributed by atoms with Crippen LogP contribution in [0.25, 0.3) is 0 Å². The van der Waals surface area contributed by atoms with E-state index >= 15 is 0 Å². The second kappa shape index (κ2) is 3.61. The number of aromatic nitrogens is 1. The number of nitrogens with zero attached hydrogens (tertiary/aromatic N) is 1. The molecule has 0 saturated carbocycles. The van der Waals surface area contributed by atoms with Crippen molar-refractivity contribution in [1.29, 1.82) is 0 Å². The molecular weight excluding hydrogens is 204 g/mol. The summed E-state index contributed by atoms with van der Waals surface area (Å²) in [6, 6.07) is 0. The Labute approximate surface area is 80.3 Å². The molecule has 1 aromatic heterocycles. The highest BCUT2D eigenvalue weighted by molar-refractivity contribution is 6.43. The van der Waals surface area contributed by atoms with Crippen molar-refractivity contribution in [2.24, 2.45) is 0 Å². The molecule has 1 heterocycles. The van der Waals surface area contributed by atoms with Gasteiger partial charge in [0.05, 0.1) is 21.6 Å². The second-order valence-corrected chi connectivity index (χ2v) is 3.17. The Morgan fingerprint density at radius 2 is 2.00 bits per heavy atom. The average molecular weight is 210 g/mol. The average Bonchev–Trinajstić information content (AvgIpc) is 2.01. The minimum atomic E-state index is 0.291. The lowest BCUT2D eigenvalue weighted by atomic mass is 10.3. The van der Waals surface area contributed by atoms with Gasteiger partial charge in [-0.25, -0.2) is 0 Å². The number of hydrogen-bond donors (Lipinski definition) is 0. The van der Waals surface area contributed by atoms with Crippen molar-refractivity contribution >= 4 is 34.8 Å². The van der Waals surface area contributed by atoms with Gasteiger partial charge in [0, 0.05) is 6.20 Å². The molecule has 0 amide bonds. The summed E-state index contributed by atoms with van der Waals surface area (Å²) in [4.78, 5) is 4.01. The van der Waals surface area contributed by atoms with E-state index in [2.05, 4.69) is 4.98 Å². The lowest BCUT2D eigenvalue weighted by molar-refractivity contribution is 1.15. The number of alkyl halides is 1. The highest BCUT2D eigenvalue weighted by Gasteiger charge is 2.06. The molecule has 0 N–H and O–H groups in total. The highest BCUT2D eigenvalue weighted by Crippen LogP contribution is 2.27. The van der Waals surface area contributed by atoms with Crippen LogP contribution in [0.2, 0.25) is 10.0 Å². The van der Waals surface area contributed by atoms with Gasteiger partial charge in [-0.05, 0) is 12.5 Å². The minimum absolute atomic E-state index is 0.291. The van der Waals surface area contributed by atoms with E-state index in [9.17, 15) is 0 Å². The maximum atomic E-state index is 5.83. The molecule has 1 nitrogen and oxygen atoms in total. The van der Waals surface area contributed by atoms with E-state index in [0.717, 1.165) is 5.56 Å². The SMILES string of the molecule is Cc1cnc(CCl)c(Cl)c1Cl. The lowest BCUT2D eigenvalue weighted by Crippen LogP contribution is -1.89. The zero-order valence-corrected chi connectivity index (χ0v) is 8.13. The molecule has 1 aromatic rings. The van der Waals surface area contributed by atoms with E-state index in [1.165, 1.54) is 0 Å². The van der Waals surface area contributed by atoms with Crippen LogP contribution in [0.5, 0.6) is 0 Å². The van der Waals surface area contributed by atoms with Gasteiger partial charge in [0.15, 0.2) is 0 Å². The van der Waals surface area contributed by atoms with Crippen LogP contribution in [0.1, 0.15) is 11.3 Å². The molecule has 11 heavy (non-hydrogen) atoms. The minimum Gasteiger partial charge on any atom is -0.258 e. The Hall–Kier alpha value is 0.0200. The smallest absolute Gasteiger partial charge is 0.0822 e. The van der Waals surface area contributed by atoms with Gasteiger partial charge >= 0.3 is 0 Å². The third-order valence-electron chi connectivity index (χ3n) is 1.33. The van der Waals surface area contributed by atoms with Crippen molar-refractivity contribution in [3.8, 4) is 0 Å². The first kappa shape index (κ1) is 9.11. The van der Waals surface area contributed by atoms with Crippen LogP contribution in [0.4, 0.5) is 0 Å². The zero-order chi connectivity index (χ0) is 8.43. The van der Waals surface area contributed by atoms with Crippen LogP contribution in [-0.4, -0.2) is 4.98 Å². The molecule has 0 aliphatic carbocycles. The highest BCUT2D eigenvalue weighted by atomic mass is 35.5. The number of pyridine rings is 1. The molecule has 0 aliphatic rings. The van der Waals surface area contributed by atoms with Crippen molar-refractivity contribution in [3.63, 3.8) is 0 Å². The van der Waals surface area contributed by atoms with Gasteiger partial charge in [-0.15, -0.1) is 11.6 Å². The van der Waals surface area contributed by atoms with Gasteiger partial charge in [0.2, 0.25) is 0 Å². The van der Waals surface area contributed by atoms with Gasteiger partial charge in [-0.3, -0.25) is 4.98 Å². The van der Waals surface area contributed by atoms with Crippen molar-refractivity contribution in [2.75, 3.05) is 0 Å². The number of aryl methyl sites for hydroxylation is 1. The number of rotatable bonds is 1. The summed E-state index contributed by atoms with van der Waals surface area (Å²) < 4.78 is 0. The van der Waals surface area contributed by atoms with Crippen LogP contribution < -0.4 is 0 Å². The Kier molecular flexibility index (Phi) is 2.99. The van der Waals surface area contributed by atoms with E-state index in [1.807, 2.05) is 6.92 Å². The predicted octanol–water partition coefficient (Wildman–Crippen LogP) is 3.44. The Morgan fingerprint density at radius 3 is 2.55 bits per heavy atom. The topological polar surface area (TPSA) is 12.9 Å². The summed E-state index contributed by atoms with van der Waals surface area (Å²) in [5.41, 5.74) is 1.49. The largest absolute Gasteiger partial charge is 0.258 e. The molecule has 0 spiro atoms. The summed E-state index contributed by atoms with van der Waals surface area (Å²) in [6.07, 6.45) is 1.66. The maximum Gasteiger partial charge on any atom is 0.0822 e. The molecule has 0 atom stereocenters. The van der Waals surface area contributed by atoms with E-state index in [0.29, 0.717) is 21.6 Å². The molecule has 0 aromatic carbocycles. The Morgan fingerprint density at radius 1 is 1.36 bits per heavy atom. The normalized spacial score (nSPS) is 10.2. The van der Waals surface area contributed by atoms with Crippen molar-refractivity contribution < 1.29 is 0 Å². The molecule has 0 aliphatic heterocycles. The first-order chi connectivity index (χ1) is 5.16. The molecule has 4 heteroatoms.